The number of nitrogens with one attached hydrogen (secondary N) is 2. The summed E-state index contributed by atoms with van der Waals surface area (Å²) >= 11 is 0. The number of alkyl halides is 3. The first-order valence-corrected chi connectivity index (χ1v) is 8.54. The second kappa shape index (κ2) is 8.23. The van der Waals surface area contributed by atoms with Gasteiger partial charge < -0.3 is 15.4 Å². The topological polar surface area (TPSA) is 102 Å². The molecule has 0 aliphatic heterocycles. The molecule has 0 aliphatic carbocycles. The zero-order chi connectivity index (χ0) is 21.9. The van der Waals surface area contributed by atoms with Crippen LogP contribution in [0, 0.1) is 17.0 Å². The van der Waals surface area contributed by atoms with Crippen LogP contribution in [-0.4, -0.2) is 22.0 Å². The average Bonchev–Trinajstić information content (AvgIpc) is 2.68. The van der Waals surface area contributed by atoms with Crippen molar-refractivity contribution >= 4 is 28.7 Å². The Hall–Kier alpha value is -3.89. The van der Waals surface area contributed by atoms with Gasteiger partial charge in [-0.15, -0.1) is 0 Å². The Bertz CT molecular complexity index is 1090. The molecular weight excluding hydrogens is 403 g/mol. The van der Waals surface area contributed by atoms with Crippen LogP contribution in [-0.2, 0) is 6.18 Å². The molecule has 0 fully saturated rings. The summed E-state index contributed by atoms with van der Waals surface area (Å²) in [5, 5.41) is 17.1. The monoisotopic (exact) mass is 419 g/mol. The minimum atomic E-state index is -4.55. The molecule has 11 heteroatoms. The van der Waals surface area contributed by atoms with Crippen molar-refractivity contribution in [3.05, 3.63) is 70.0 Å². The number of aryl methyl sites for hydroxylation is 1. The van der Waals surface area contributed by atoms with E-state index < -0.39 is 22.4 Å². The van der Waals surface area contributed by atoms with E-state index in [-0.39, 0.29) is 17.3 Å². The van der Waals surface area contributed by atoms with Gasteiger partial charge in [-0.2, -0.15) is 13.2 Å². The van der Waals surface area contributed by atoms with Crippen LogP contribution in [0.4, 0.5) is 41.9 Å². The normalized spacial score (nSPS) is 11.1. The number of methoxy groups -OCH3 is 1. The van der Waals surface area contributed by atoms with E-state index in [1.165, 1.54) is 19.2 Å². The molecule has 0 spiro atoms. The van der Waals surface area contributed by atoms with Gasteiger partial charge in [0.1, 0.15) is 12.1 Å². The molecule has 0 unspecified atom stereocenters. The Labute approximate surface area is 168 Å². The number of hydrogen-bond acceptors (Lipinski definition) is 7. The van der Waals surface area contributed by atoms with Gasteiger partial charge in [-0.3, -0.25) is 10.1 Å². The molecule has 0 atom stereocenters. The second-order valence-corrected chi connectivity index (χ2v) is 6.21. The molecule has 0 bridgehead atoms. The van der Waals surface area contributed by atoms with Gasteiger partial charge in [-0.25, -0.2) is 9.97 Å². The van der Waals surface area contributed by atoms with E-state index in [0.29, 0.717) is 11.4 Å². The van der Waals surface area contributed by atoms with Gasteiger partial charge in [-0.05, 0) is 42.8 Å². The Balaban J connectivity index is 2.00. The van der Waals surface area contributed by atoms with Gasteiger partial charge in [0.2, 0.25) is 11.6 Å². The first-order chi connectivity index (χ1) is 14.2. The van der Waals surface area contributed by atoms with E-state index >= 15 is 0 Å². The molecule has 30 heavy (non-hydrogen) atoms. The lowest BCUT2D eigenvalue weighted by Gasteiger charge is -2.13. The summed E-state index contributed by atoms with van der Waals surface area (Å²) < 4.78 is 44.1. The van der Waals surface area contributed by atoms with Crippen molar-refractivity contribution in [2.24, 2.45) is 0 Å². The maximum absolute atomic E-state index is 12.9. The van der Waals surface area contributed by atoms with E-state index in [2.05, 4.69) is 20.6 Å². The maximum Gasteiger partial charge on any atom is 0.416 e. The molecule has 2 aromatic carbocycles. The molecule has 3 aromatic rings. The van der Waals surface area contributed by atoms with Crippen molar-refractivity contribution in [1.82, 2.24) is 9.97 Å². The third-order valence-electron chi connectivity index (χ3n) is 4.07. The van der Waals surface area contributed by atoms with Crippen LogP contribution in [0.2, 0.25) is 0 Å². The molecule has 2 N–H and O–H groups in total. The fourth-order valence-corrected chi connectivity index (χ4v) is 2.69. The number of rotatable bonds is 6. The summed E-state index contributed by atoms with van der Waals surface area (Å²) in [6.07, 6.45) is -3.49. The lowest BCUT2D eigenvalue weighted by molar-refractivity contribution is -0.383. The van der Waals surface area contributed by atoms with E-state index in [9.17, 15) is 23.3 Å². The standard InChI is InChI=1S/C19H16F3N5O3/c1-11-6-7-15(30-2)14(8-11)26-18-16(27(28)29)17(23-10-24-18)25-13-5-3-4-12(9-13)19(20,21)22/h3-10H,1-2H3,(H2,23,24,25,26). The molecule has 1 heterocycles. The predicted molar refractivity (Wildman–Crippen MR) is 104 cm³/mol. The van der Waals surface area contributed by atoms with Gasteiger partial charge in [0.25, 0.3) is 0 Å². The lowest BCUT2D eigenvalue weighted by Crippen LogP contribution is -2.08. The van der Waals surface area contributed by atoms with Crippen LogP contribution in [0.5, 0.6) is 5.75 Å². The van der Waals surface area contributed by atoms with E-state index in [1.807, 2.05) is 6.92 Å². The highest BCUT2D eigenvalue weighted by Gasteiger charge is 2.31. The Kier molecular flexibility index (Phi) is 5.72. The quantitative estimate of drug-likeness (QED) is 0.418. The molecular formula is C19H16F3N5O3. The zero-order valence-corrected chi connectivity index (χ0v) is 15.8. The summed E-state index contributed by atoms with van der Waals surface area (Å²) in [6.45, 7) is 1.83. The summed E-state index contributed by atoms with van der Waals surface area (Å²) in [7, 11) is 1.45. The highest BCUT2D eigenvalue weighted by atomic mass is 19.4. The predicted octanol–water partition coefficient (Wildman–Crippen LogP) is 5.21. The highest BCUT2D eigenvalue weighted by Crippen LogP contribution is 2.37. The van der Waals surface area contributed by atoms with Crippen LogP contribution < -0.4 is 15.4 Å². The number of nitrogens with zero attached hydrogens (tertiary/aromatic N) is 3. The van der Waals surface area contributed by atoms with E-state index in [1.54, 1.807) is 18.2 Å². The Morgan fingerprint density at radius 2 is 1.77 bits per heavy atom. The lowest BCUT2D eigenvalue weighted by atomic mass is 10.2. The summed E-state index contributed by atoms with van der Waals surface area (Å²) in [5.74, 6) is 0.0257. The van der Waals surface area contributed by atoms with Crippen LogP contribution in [0.3, 0.4) is 0 Å². The van der Waals surface area contributed by atoms with Crippen molar-refractivity contribution < 1.29 is 22.8 Å². The van der Waals surface area contributed by atoms with Crippen molar-refractivity contribution in [1.29, 1.82) is 0 Å². The molecule has 3 rings (SSSR count). The fourth-order valence-electron chi connectivity index (χ4n) is 2.69. The summed E-state index contributed by atoms with van der Waals surface area (Å²) in [4.78, 5) is 18.7. The number of nitro groups is 1. The van der Waals surface area contributed by atoms with Crippen LogP contribution in [0.25, 0.3) is 0 Å². The molecule has 8 nitrogen and oxygen atoms in total. The second-order valence-electron chi connectivity index (χ2n) is 6.21. The largest absolute Gasteiger partial charge is 0.495 e. The van der Waals surface area contributed by atoms with Gasteiger partial charge in [0.05, 0.1) is 23.3 Å². The van der Waals surface area contributed by atoms with Crippen LogP contribution in [0.1, 0.15) is 11.1 Å². The Morgan fingerprint density at radius 3 is 2.40 bits per heavy atom. The third-order valence-corrected chi connectivity index (χ3v) is 4.07. The molecule has 0 amide bonds. The molecule has 0 aliphatic rings. The number of ether oxygens (including phenoxy) is 1. The zero-order valence-electron chi connectivity index (χ0n) is 15.8. The molecule has 0 radical (unpaired) electrons. The number of hydrogen-bond donors (Lipinski definition) is 2. The molecule has 0 saturated carbocycles. The SMILES string of the molecule is COc1ccc(C)cc1Nc1ncnc(Nc2cccc(C(F)(F)F)c2)c1[N+](=O)[O-]. The minimum absolute atomic E-state index is 0.00860. The number of halogens is 3. The molecule has 156 valence electrons. The summed E-state index contributed by atoms with van der Waals surface area (Å²) in [5.41, 5.74) is -0.127. The number of benzene rings is 2. The van der Waals surface area contributed by atoms with Crippen molar-refractivity contribution in [3.8, 4) is 5.75 Å². The average molecular weight is 419 g/mol. The van der Waals surface area contributed by atoms with Crippen LogP contribution >= 0.6 is 0 Å². The van der Waals surface area contributed by atoms with Crippen molar-refractivity contribution in [2.75, 3.05) is 17.7 Å². The van der Waals surface area contributed by atoms with Crippen LogP contribution in [0.15, 0.2) is 48.8 Å². The summed E-state index contributed by atoms with van der Waals surface area (Å²) in [6, 6.07) is 9.47. The fraction of sp³-hybridized carbons (Fsp3) is 0.158. The maximum atomic E-state index is 12.9. The van der Waals surface area contributed by atoms with Gasteiger partial charge in [0.15, 0.2) is 0 Å². The smallest absolute Gasteiger partial charge is 0.416 e. The van der Waals surface area contributed by atoms with Crippen molar-refractivity contribution in [3.63, 3.8) is 0 Å². The Morgan fingerprint density at radius 1 is 1.07 bits per heavy atom. The van der Waals surface area contributed by atoms with Gasteiger partial charge in [-0.1, -0.05) is 12.1 Å². The van der Waals surface area contributed by atoms with Gasteiger partial charge in [0, 0.05) is 5.69 Å². The number of aromatic nitrogens is 2. The van der Waals surface area contributed by atoms with Crippen molar-refractivity contribution in [2.45, 2.75) is 13.1 Å². The van der Waals surface area contributed by atoms with E-state index in [4.69, 9.17) is 4.74 Å². The molecule has 1 aromatic heterocycles. The molecule has 0 saturated heterocycles. The third kappa shape index (κ3) is 4.57. The van der Waals surface area contributed by atoms with E-state index in [0.717, 1.165) is 24.0 Å². The van der Waals surface area contributed by atoms with Gasteiger partial charge >= 0.3 is 11.9 Å². The minimum Gasteiger partial charge on any atom is -0.495 e. The first-order valence-electron chi connectivity index (χ1n) is 8.54. The highest BCUT2D eigenvalue weighted by molar-refractivity contribution is 5.78. The number of anilines is 4. The first kappa shape index (κ1) is 20.8.